The van der Waals surface area contributed by atoms with E-state index in [0.717, 1.165) is 27.9 Å². The number of para-hydroxylation sites is 2. The summed E-state index contributed by atoms with van der Waals surface area (Å²) >= 11 is 0. The normalized spacial score (nSPS) is 12.9. The standard InChI is InChI=1S/C18H19N3O/c1-13(15-8-4-5-10-17(15)22-3)19-11-14-7-6-9-16-18(14)20-12-21(16)2/h4-13H,1-3H3/b19-11-. The molecule has 112 valence electrons. The number of fused-ring (bicyclic) bond motifs is 1. The predicted molar refractivity (Wildman–Crippen MR) is 89.7 cm³/mol. The van der Waals surface area contributed by atoms with Crippen LogP contribution in [0.3, 0.4) is 0 Å². The molecule has 0 bridgehead atoms. The molecule has 3 aromatic rings. The third kappa shape index (κ3) is 2.60. The molecule has 4 nitrogen and oxygen atoms in total. The van der Waals surface area contributed by atoms with E-state index < -0.39 is 0 Å². The van der Waals surface area contributed by atoms with Crippen LogP contribution in [0, 0.1) is 0 Å². The molecule has 22 heavy (non-hydrogen) atoms. The van der Waals surface area contributed by atoms with Gasteiger partial charge in [-0.15, -0.1) is 0 Å². The van der Waals surface area contributed by atoms with Crippen molar-refractivity contribution in [3.05, 3.63) is 59.9 Å². The maximum absolute atomic E-state index is 5.40. The Labute approximate surface area is 130 Å². The summed E-state index contributed by atoms with van der Waals surface area (Å²) < 4.78 is 7.41. The quantitative estimate of drug-likeness (QED) is 0.687. The van der Waals surface area contributed by atoms with Crippen LogP contribution in [0.25, 0.3) is 11.0 Å². The van der Waals surface area contributed by atoms with Gasteiger partial charge in [-0.1, -0.05) is 30.3 Å². The molecule has 0 radical (unpaired) electrons. The zero-order valence-corrected chi connectivity index (χ0v) is 13.0. The predicted octanol–water partition coefficient (Wildman–Crippen LogP) is 3.76. The SMILES string of the molecule is COc1ccccc1C(C)/N=C\c1cccc2c1ncn2C. The average molecular weight is 293 g/mol. The smallest absolute Gasteiger partial charge is 0.124 e. The highest BCUT2D eigenvalue weighted by atomic mass is 16.5. The van der Waals surface area contributed by atoms with Crippen molar-refractivity contribution in [1.29, 1.82) is 0 Å². The summed E-state index contributed by atoms with van der Waals surface area (Å²) in [4.78, 5) is 9.13. The molecule has 3 rings (SSSR count). The van der Waals surface area contributed by atoms with Crippen LogP contribution in [0.1, 0.15) is 24.1 Å². The number of aliphatic imine (C=N–C) groups is 1. The number of hydrogen-bond acceptors (Lipinski definition) is 3. The third-order valence-electron chi connectivity index (χ3n) is 3.81. The summed E-state index contributed by atoms with van der Waals surface area (Å²) in [5.74, 6) is 0.864. The first-order valence-electron chi connectivity index (χ1n) is 7.27. The molecule has 0 fully saturated rings. The van der Waals surface area contributed by atoms with Crippen LogP contribution in [0.15, 0.2) is 53.8 Å². The number of benzene rings is 2. The van der Waals surface area contributed by atoms with Crippen LogP contribution >= 0.6 is 0 Å². The van der Waals surface area contributed by atoms with E-state index in [-0.39, 0.29) is 6.04 Å². The maximum atomic E-state index is 5.40. The number of ether oxygens (including phenoxy) is 1. The van der Waals surface area contributed by atoms with Gasteiger partial charge in [-0.25, -0.2) is 4.98 Å². The van der Waals surface area contributed by atoms with Crippen LogP contribution in [0.4, 0.5) is 0 Å². The van der Waals surface area contributed by atoms with Crippen molar-refractivity contribution in [3.8, 4) is 5.75 Å². The van der Waals surface area contributed by atoms with Gasteiger partial charge >= 0.3 is 0 Å². The Morgan fingerprint density at radius 2 is 2.00 bits per heavy atom. The van der Waals surface area contributed by atoms with E-state index in [1.54, 1.807) is 7.11 Å². The molecule has 1 aromatic heterocycles. The van der Waals surface area contributed by atoms with Crippen LogP contribution in [-0.4, -0.2) is 22.9 Å². The fourth-order valence-corrected chi connectivity index (χ4v) is 2.57. The lowest BCUT2D eigenvalue weighted by Gasteiger charge is -2.11. The Morgan fingerprint density at radius 1 is 1.18 bits per heavy atom. The molecule has 4 heteroatoms. The number of hydrogen-bond donors (Lipinski definition) is 0. The minimum Gasteiger partial charge on any atom is -0.496 e. The molecule has 2 aromatic carbocycles. The molecule has 0 amide bonds. The number of methoxy groups -OCH3 is 1. The molecule has 1 unspecified atom stereocenters. The average Bonchev–Trinajstić information content (AvgIpc) is 2.94. The van der Waals surface area contributed by atoms with Crippen molar-refractivity contribution in [2.24, 2.45) is 12.0 Å². The van der Waals surface area contributed by atoms with Gasteiger partial charge in [0.1, 0.15) is 5.75 Å². The molecule has 0 spiro atoms. The molecule has 0 aliphatic rings. The van der Waals surface area contributed by atoms with Crippen LogP contribution < -0.4 is 4.74 Å². The summed E-state index contributed by atoms with van der Waals surface area (Å²) in [6.07, 6.45) is 3.72. The first kappa shape index (κ1) is 14.3. The second kappa shape index (κ2) is 6.02. The molecule has 0 aliphatic heterocycles. The van der Waals surface area contributed by atoms with Gasteiger partial charge in [0.25, 0.3) is 0 Å². The van der Waals surface area contributed by atoms with E-state index in [1.807, 2.05) is 60.6 Å². The molecule has 0 saturated heterocycles. The maximum Gasteiger partial charge on any atom is 0.124 e. The fourth-order valence-electron chi connectivity index (χ4n) is 2.57. The van der Waals surface area contributed by atoms with Gasteiger partial charge < -0.3 is 9.30 Å². The highest BCUT2D eigenvalue weighted by Gasteiger charge is 2.09. The topological polar surface area (TPSA) is 39.4 Å². The molecule has 0 N–H and O–H groups in total. The first-order chi connectivity index (χ1) is 10.7. The van der Waals surface area contributed by atoms with Crippen molar-refractivity contribution in [2.75, 3.05) is 7.11 Å². The second-order valence-corrected chi connectivity index (χ2v) is 5.27. The van der Waals surface area contributed by atoms with Gasteiger partial charge in [0.15, 0.2) is 0 Å². The molecular weight excluding hydrogens is 274 g/mol. The zero-order valence-electron chi connectivity index (χ0n) is 13.0. The molecular formula is C18H19N3O. The van der Waals surface area contributed by atoms with Crippen molar-refractivity contribution in [1.82, 2.24) is 9.55 Å². The third-order valence-corrected chi connectivity index (χ3v) is 3.81. The van der Waals surface area contributed by atoms with Gasteiger partial charge in [0.05, 0.1) is 30.5 Å². The minimum atomic E-state index is 0.0233. The van der Waals surface area contributed by atoms with Crippen molar-refractivity contribution in [3.63, 3.8) is 0 Å². The monoisotopic (exact) mass is 293 g/mol. The van der Waals surface area contributed by atoms with Crippen molar-refractivity contribution < 1.29 is 4.74 Å². The van der Waals surface area contributed by atoms with E-state index in [0.29, 0.717) is 0 Å². The molecule has 0 saturated carbocycles. The molecule has 1 heterocycles. The molecule has 1 atom stereocenters. The number of rotatable bonds is 4. The van der Waals surface area contributed by atoms with Crippen molar-refractivity contribution in [2.45, 2.75) is 13.0 Å². The summed E-state index contributed by atoms with van der Waals surface area (Å²) in [7, 11) is 3.68. The number of imidazole rings is 1. The lowest BCUT2D eigenvalue weighted by molar-refractivity contribution is 0.407. The van der Waals surface area contributed by atoms with Gasteiger partial charge in [-0.05, 0) is 19.1 Å². The van der Waals surface area contributed by atoms with E-state index in [9.17, 15) is 0 Å². The summed E-state index contributed by atoms with van der Waals surface area (Å²) in [6, 6.07) is 14.1. The Morgan fingerprint density at radius 3 is 2.82 bits per heavy atom. The second-order valence-electron chi connectivity index (χ2n) is 5.27. The largest absolute Gasteiger partial charge is 0.496 e. The van der Waals surface area contributed by atoms with E-state index in [2.05, 4.69) is 23.0 Å². The minimum absolute atomic E-state index is 0.0233. The lowest BCUT2D eigenvalue weighted by Crippen LogP contribution is -1.96. The van der Waals surface area contributed by atoms with Crippen LogP contribution in [0.2, 0.25) is 0 Å². The van der Waals surface area contributed by atoms with Crippen LogP contribution in [0.5, 0.6) is 5.75 Å². The van der Waals surface area contributed by atoms with Gasteiger partial charge in [0, 0.05) is 24.4 Å². The van der Waals surface area contributed by atoms with Gasteiger partial charge in [0.2, 0.25) is 0 Å². The Bertz CT molecular complexity index is 820. The van der Waals surface area contributed by atoms with Crippen LogP contribution in [-0.2, 0) is 7.05 Å². The van der Waals surface area contributed by atoms with E-state index >= 15 is 0 Å². The fraction of sp³-hybridized carbons (Fsp3) is 0.222. The Balaban J connectivity index is 1.92. The zero-order chi connectivity index (χ0) is 15.5. The molecule has 0 aliphatic carbocycles. The number of nitrogens with zero attached hydrogens (tertiary/aromatic N) is 3. The highest BCUT2D eigenvalue weighted by molar-refractivity contribution is 5.96. The van der Waals surface area contributed by atoms with Gasteiger partial charge in [-0.2, -0.15) is 0 Å². The first-order valence-corrected chi connectivity index (χ1v) is 7.27. The Hall–Kier alpha value is -2.62. The summed E-state index contributed by atoms with van der Waals surface area (Å²) in [5, 5.41) is 0. The van der Waals surface area contributed by atoms with Gasteiger partial charge in [-0.3, -0.25) is 4.99 Å². The number of aryl methyl sites for hydroxylation is 1. The summed E-state index contributed by atoms with van der Waals surface area (Å²) in [5.41, 5.74) is 4.18. The van der Waals surface area contributed by atoms with E-state index in [1.165, 1.54) is 0 Å². The summed E-state index contributed by atoms with van der Waals surface area (Å²) in [6.45, 7) is 2.06. The number of aromatic nitrogens is 2. The lowest BCUT2D eigenvalue weighted by atomic mass is 10.1. The highest BCUT2D eigenvalue weighted by Crippen LogP contribution is 2.27. The van der Waals surface area contributed by atoms with E-state index in [4.69, 9.17) is 4.74 Å². The Kier molecular flexibility index (Phi) is 3.92. The van der Waals surface area contributed by atoms with Crippen molar-refractivity contribution >= 4 is 17.2 Å².